The molecule has 2 heterocycles. The summed E-state index contributed by atoms with van der Waals surface area (Å²) in [7, 11) is 0. The Labute approximate surface area is 99.0 Å². The molecule has 2 aromatic rings. The number of rotatable bonds is 3. The van der Waals surface area contributed by atoms with Crippen molar-refractivity contribution in [2.75, 3.05) is 0 Å². The highest BCUT2D eigenvalue weighted by molar-refractivity contribution is 9.11. The number of ketones is 1. The quantitative estimate of drug-likeness (QED) is 0.883. The van der Waals surface area contributed by atoms with Crippen LogP contribution in [0.4, 0.5) is 0 Å². The largest absolute Gasteiger partial charge is 0.456 e. The lowest BCUT2D eigenvalue weighted by atomic mass is 10.2. The third-order valence-corrected chi connectivity index (χ3v) is 3.51. The summed E-state index contributed by atoms with van der Waals surface area (Å²) < 4.78 is 6.20. The molecule has 0 amide bonds. The molecule has 0 aliphatic heterocycles. The number of nitrogens with two attached hydrogens (primary N) is 1. The van der Waals surface area contributed by atoms with Crippen LogP contribution in [0.15, 0.2) is 32.5 Å². The van der Waals surface area contributed by atoms with Gasteiger partial charge in [0, 0.05) is 0 Å². The number of hydrogen-bond acceptors (Lipinski definition) is 4. The summed E-state index contributed by atoms with van der Waals surface area (Å²) in [6.07, 6.45) is 0. The number of carbonyl (C=O) groups excluding carboxylic acids is 1. The van der Waals surface area contributed by atoms with Crippen LogP contribution in [-0.4, -0.2) is 5.78 Å². The molecule has 0 unspecified atom stereocenters. The Bertz CT molecular complexity index is 489. The van der Waals surface area contributed by atoms with E-state index in [1.54, 1.807) is 18.2 Å². The Balaban J connectivity index is 2.28. The van der Waals surface area contributed by atoms with E-state index < -0.39 is 0 Å². The van der Waals surface area contributed by atoms with Gasteiger partial charge in [0.1, 0.15) is 5.76 Å². The molecule has 0 bridgehead atoms. The smallest absolute Gasteiger partial charge is 0.238 e. The van der Waals surface area contributed by atoms with E-state index in [-0.39, 0.29) is 5.78 Å². The Morgan fingerprint density at radius 2 is 2.20 bits per heavy atom. The summed E-state index contributed by atoms with van der Waals surface area (Å²) in [6, 6.07) is 6.97. The van der Waals surface area contributed by atoms with Crippen LogP contribution in [0.5, 0.6) is 0 Å². The van der Waals surface area contributed by atoms with Gasteiger partial charge in [-0.15, -0.1) is 11.3 Å². The van der Waals surface area contributed by atoms with Gasteiger partial charge in [-0.2, -0.15) is 0 Å². The fraction of sp³-hybridized carbons (Fsp3) is 0.100. The molecule has 2 rings (SSSR count). The molecule has 0 saturated carbocycles. The van der Waals surface area contributed by atoms with Crippen LogP contribution in [-0.2, 0) is 6.54 Å². The number of carbonyl (C=O) groups is 1. The maximum atomic E-state index is 11.8. The van der Waals surface area contributed by atoms with E-state index in [0.29, 0.717) is 22.9 Å². The topological polar surface area (TPSA) is 56.2 Å². The Morgan fingerprint density at radius 1 is 1.40 bits per heavy atom. The van der Waals surface area contributed by atoms with Crippen molar-refractivity contribution in [2.24, 2.45) is 5.73 Å². The van der Waals surface area contributed by atoms with Crippen LogP contribution in [0.3, 0.4) is 0 Å². The van der Waals surface area contributed by atoms with Crippen LogP contribution in [0, 0.1) is 0 Å². The van der Waals surface area contributed by atoms with Gasteiger partial charge in [0.25, 0.3) is 0 Å². The van der Waals surface area contributed by atoms with Gasteiger partial charge in [-0.1, -0.05) is 0 Å². The van der Waals surface area contributed by atoms with Crippen molar-refractivity contribution < 1.29 is 9.21 Å². The van der Waals surface area contributed by atoms with E-state index >= 15 is 0 Å². The first kappa shape index (κ1) is 10.6. The molecule has 2 aromatic heterocycles. The molecule has 0 aliphatic carbocycles. The lowest BCUT2D eigenvalue weighted by Gasteiger charge is -1.92. The van der Waals surface area contributed by atoms with Gasteiger partial charge in [-0.3, -0.25) is 4.79 Å². The van der Waals surface area contributed by atoms with Crippen molar-refractivity contribution in [3.8, 4) is 0 Å². The predicted octanol–water partition coefficient (Wildman–Crippen LogP) is 2.79. The van der Waals surface area contributed by atoms with Gasteiger partial charge < -0.3 is 10.2 Å². The second-order valence-electron chi connectivity index (χ2n) is 2.90. The molecule has 2 N–H and O–H groups in total. The number of furan rings is 1. The second kappa shape index (κ2) is 4.30. The lowest BCUT2D eigenvalue weighted by Crippen LogP contribution is -1.97. The van der Waals surface area contributed by atoms with Gasteiger partial charge in [-0.25, -0.2) is 0 Å². The molecule has 3 nitrogen and oxygen atoms in total. The fourth-order valence-corrected chi connectivity index (χ4v) is 2.50. The van der Waals surface area contributed by atoms with Gasteiger partial charge >= 0.3 is 0 Å². The summed E-state index contributed by atoms with van der Waals surface area (Å²) in [4.78, 5) is 12.5. The van der Waals surface area contributed by atoms with Crippen LogP contribution >= 0.6 is 27.3 Å². The first-order valence-corrected chi connectivity index (χ1v) is 5.90. The maximum Gasteiger partial charge on any atom is 0.238 e. The van der Waals surface area contributed by atoms with Gasteiger partial charge in [0.2, 0.25) is 5.78 Å². The molecule has 0 fully saturated rings. The van der Waals surface area contributed by atoms with Crippen molar-refractivity contribution in [1.82, 2.24) is 0 Å². The highest BCUT2D eigenvalue weighted by atomic mass is 79.9. The SMILES string of the molecule is NCc1ccc(C(=O)c2ccc(Br)s2)o1. The molecule has 0 atom stereocenters. The van der Waals surface area contributed by atoms with Gasteiger partial charge in [0.05, 0.1) is 15.2 Å². The zero-order valence-corrected chi connectivity index (χ0v) is 10.1. The Morgan fingerprint density at radius 3 is 2.73 bits per heavy atom. The van der Waals surface area contributed by atoms with Crippen molar-refractivity contribution in [2.45, 2.75) is 6.54 Å². The molecule has 0 aliphatic rings. The second-order valence-corrected chi connectivity index (χ2v) is 5.37. The van der Waals surface area contributed by atoms with Gasteiger partial charge in [0.15, 0.2) is 5.76 Å². The zero-order valence-electron chi connectivity index (χ0n) is 7.70. The van der Waals surface area contributed by atoms with Crippen LogP contribution in [0.25, 0.3) is 0 Å². The highest BCUT2D eigenvalue weighted by Crippen LogP contribution is 2.24. The molecular weight excluding hydrogens is 278 g/mol. The molecule has 0 aromatic carbocycles. The average molecular weight is 286 g/mol. The average Bonchev–Trinajstić information content (AvgIpc) is 2.84. The monoisotopic (exact) mass is 285 g/mol. The molecule has 78 valence electrons. The zero-order chi connectivity index (χ0) is 10.8. The summed E-state index contributed by atoms with van der Waals surface area (Å²) in [5.41, 5.74) is 5.40. The van der Waals surface area contributed by atoms with Crippen molar-refractivity contribution in [3.63, 3.8) is 0 Å². The third-order valence-electron chi connectivity index (χ3n) is 1.88. The van der Waals surface area contributed by atoms with E-state index in [1.165, 1.54) is 11.3 Å². The summed E-state index contributed by atoms with van der Waals surface area (Å²) in [6.45, 7) is 0.307. The van der Waals surface area contributed by atoms with E-state index in [4.69, 9.17) is 10.2 Å². The van der Waals surface area contributed by atoms with E-state index in [2.05, 4.69) is 15.9 Å². The summed E-state index contributed by atoms with van der Waals surface area (Å²) in [5.74, 6) is 0.851. The first-order chi connectivity index (χ1) is 7.20. The van der Waals surface area contributed by atoms with E-state index in [0.717, 1.165) is 3.79 Å². The predicted molar refractivity (Wildman–Crippen MR) is 62.1 cm³/mol. The molecule has 15 heavy (non-hydrogen) atoms. The minimum Gasteiger partial charge on any atom is -0.456 e. The van der Waals surface area contributed by atoms with Crippen LogP contribution < -0.4 is 5.73 Å². The van der Waals surface area contributed by atoms with Crippen molar-refractivity contribution in [1.29, 1.82) is 0 Å². The minimum absolute atomic E-state index is 0.106. The molecule has 5 heteroatoms. The third kappa shape index (κ3) is 2.19. The molecular formula is C10H8BrNO2S. The standard InChI is InChI=1S/C10H8BrNO2S/c11-9-4-3-8(15-9)10(13)7-2-1-6(5-12)14-7/h1-4H,5,12H2. The number of halogens is 1. The first-order valence-electron chi connectivity index (χ1n) is 4.29. The summed E-state index contributed by atoms with van der Waals surface area (Å²) in [5, 5.41) is 0. The van der Waals surface area contributed by atoms with Crippen LogP contribution in [0.2, 0.25) is 0 Å². The molecule has 0 spiro atoms. The normalized spacial score (nSPS) is 10.5. The van der Waals surface area contributed by atoms with Crippen LogP contribution in [0.1, 0.15) is 21.2 Å². The van der Waals surface area contributed by atoms with E-state index in [1.807, 2.05) is 6.07 Å². The highest BCUT2D eigenvalue weighted by Gasteiger charge is 2.15. The minimum atomic E-state index is -0.106. The van der Waals surface area contributed by atoms with E-state index in [9.17, 15) is 4.79 Å². The molecule has 0 radical (unpaired) electrons. The fourth-order valence-electron chi connectivity index (χ4n) is 1.17. The van der Waals surface area contributed by atoms with Crippen molar-refractivity contribution in [3.05, 3.63) is 44.4 Å². The maximum absolute atomic E-state index is 11.8. The van der Waals surface area contributed by atoms with Gasteiger partial charge in [-0.05, 0) is 40.2 Å². The lowest BCUT2D eigenvalue weighted by molar-refractivity contribution is 0.101. The summed E-state index contributed by atoms with van der Waals surface area (Å²) >= 11 is 4.69. The number of hydrogen-bond donors (Lipinski definition) is 1. The Hall–Kier alpha value is -0.910. The van der Waals surface area contributed by atoms with Crippen molar-refractivity contribution >= 4 is 33.0 Å². The Kier molecular flexibility index (Phi) is 3.04. The number of thiophene rings is 1. The molecule has 0 saturated heterocycles.